The van der Waals surface area contributed by atoms with Gasteiger partial charge in [0.15, 0.2) is 0 Å². The number of para-hydroxylation sites is 1. The first-order chi connectivity index (χ1) is 11.4. The lowest BCUT2D eigenvalue weighted by Gasteiger charge is -2.28. The molecule has 1 heterocycles. The van der Waals surface area contributed by atoms with Crippen LogP contribution in [0.2, 0.25) is 0 Å². The maximum absolute atomic E-state index is 6.28. The summed E-state index contributed by atoms with van der Waals surface area (Å²) in [7, 11) is 0. The van der Waals surface area contributed by atoms with Gasteiger partial charge >= 0.3 is 0 Å². The van der Waals surface area contributed by atoms with Crippen LogP contribution in [0.1, 0.15) is 31.2 Å². The van der Waals surface area contributed by atoms with Crippen LogP contribution in [0.25, 0.3) is 0 Å². The second kappa shape index (κ2) is 6.71. The van der Waals surface area contributed by atoms with Crippen LogP contribution in [-0.2, 0) is 11.4 Å². The quantitative estimate of drug-likeness (QED) is 0.737. The second-order valence-corrected chi connectivity index (χ2v) is 6.96. The van der Waals surface area contributed by atoms with E-state index < -0.39 is 0 Å². The Morgan fingerprint density at radius 2 is 1.83 bits per heavy atom. The lowest BCUT2D eigenvalue weighted by molar-refractivity contribution is 0.0562. The summed E-state index contributed by atoms with van der Waals surface area (Å²) in [5.41, 5.74) is 2.34. The molecule has 1 aromatic carbocycles. The SMILES string of the molecule is c1ccc(N(Cc2ccncc2)OCC2CC3CCC2C3)cc1. The van der Waals surface area contributed by atoms with E-state index in [1.54, 1.807) is 0 Å². The van der Waals surface area contributed by atoms with Crippen LogP contribution in [0.5, 0.6) is 0 Å². The normalized spacial score (nSPS) is 25.7. The summed E-state index contributed by atoms with van der Waals surface area (Å²) in [5.74, 6) is 2.62. The molecule has 0 saturated heterocycles. The number of aromatic nitrogens is 1. The number of hydrogen-bond donors (Lipinski definition) is 0. The summed E-state index contributed by atoms with van der Waals surface area (Å²) < 4.78 is 0. The van der Waals surface area contributed by atoms with Crippen LogP contribution in [0, 0.1) is 17.8 Å². The Morgan fingerprint density at radius 1 is 1.00 bits per heavy atom. The van der Waals surface area contributed by atoms with E-state index in [2.05, 4.69) is 41.4 Å². The molecule has 3 unspecified atom stereocenters. The highest BCUT2D eigenvalue weighted by Gasteiger charge is 2.39. The molecule has 0 radical (unpaired) electrons. The van der Waals surface area contributed by atoms with Gasteiger partial charge in [0, 0.05) is 12.4 Å². The third-order valence-electron chi connectivity index (χ3n) is 5.45. The lowest BCUT2D eigenvalue weighted by Crippen LogP contribution is -2.28. The van der Waals surface area contributed by atoms with Crippen molar-refractivity contribution in [1.29, 1.82) is 0 Å². The zero-order valence-corrected chi connectivity index (χ0v) is 13.5. The number of hydrogen-bond acceptors (Lipinski definition) is 3. The molecule has 0 amide bonds. The van der Waals surface area contributed by atoms with Crippen molar-refractivity contribution in [3.05, 3.63) is 60.4 Å². The minimum absolute atomic E-state index is 0.748. The minimum atomic E-state index is 0.748. The van der Waals surface area contributed by atoms with E-state index in [0.717, 1.165) is 36.6 Å². The molecule has 3 atom stereocenters. The Hall–Kier alpha value is -1.87. The summed E-state index contributed by atoms with van der Waals surface area (Å²) in [6.07, 6.45) is 9.34. The molecule has 2 aliphatic carbocycles. The Bertz CT molecular complexity index is 616. The molecule has 120 valence electrons. The zero-order valence-electron chi connectivity index (χ0n) is 13.5. The summed E-state index contributed by atoms with van der Waals surface area (Å²) in [6, 6.07) is 14.5. The van der Waals surface area contributed by atoms with E-state index in [1.165, 1.54) is 31.2 Å². The van der Waals surface area contributed by atoms with E-state index in [1.807, 2.05) is 23.5 Å². The Kier molecular flexibility index (Phi) is 4.29. The second-order valence-electron chi connectivity index (χ2n) is 6.96. The van der Waals surface area contributed by atoms with E-state index in [4.69, 9.17) is 4.84 Å². The van der Waals surface area contributed by atoms with Gasteiger partial charge in [0.25, 0.3) is 0 Å². The first-order valence-electron chi connectivity index (χ1n) is 8.73. The van der Waals surface area contributed by atoms with E-state index in [0.29, 0.717) is 0 Å². The summed E-state index contributed by atoms with van der Waals surface area (Å²) in [5, 5.41) is 2.04. The van der Waals surface area contributed by atoms with Crippen LogP contribution >= 0.6 is 0 Å². The van der Waals surface area contributed by atoms with Gasteiger partial charge in [0.2, 0.25) is 0 Å². The van der Waals surface area contributed by atoms with Crippen molar-refractivity contribution in [2.75, 3.05) is 11.7 Å². The lowest BCUT2D eigenvalue weighted by atomic mass is 9.90. The number of rotatable bonds is 6. The van der Waals surface area contributed by atoms with Crippen molar-refractivity contribution in [3.63, 3.8) is 0 Å². The molecular formula is C20H24N2O. The molecule has 0 aliphatic heterocycles. The van der Waals surface area contributed by atoms with Crippen molar-refractivity contribution in [2.45, 2.75) is 32.2 Å². The van der Waals surface area contributed by atoms with Crippen molar-refractivity contribution in [1.82, 2.24) is 4.98 Å². The van der Waals surface area contributed by atoms with Gasteiger partial charge in [-0.2, -0.15) is 0 Å². The van der Waals surface area contributed by atoms with Crippen LogP contribution in [-0.4, -0.2) is 11.6 Å². The fourth-order valence-electron chi connectivity index (χ4n) is 4.23. The summed E-state index contributed by atoms with van der Waals surface area (Å²) >= 11 is 0. The summed E-state index contributed by atoms with van der Waals surface area (Å²) in [4.78, 5) is 10.4. The maximum Gasteiger partial charge on any atom is 0.0779 e. The van der Waals surface area contributed by atoms with Gasteiger partial charge in [0.1, 0.15) is 0 Å². The maximum atomic E-state index is 6.28. The van der Waals surface area contributed by atoms with Crippen molar-refractivity contribution in [2.24, 2.45) is 17.8 Å². The van der Waals surface area contributed by atoms with Crippen molar-refractivity contribution >= 4 is 5.69 Å². The highest BCUT2D eigenvalue weighted by atomic mass is 16.7. The fourth-order valence-corrected chi connectivity index (χ4v) is 4.23. The molecule has 2 aromatic rings. The Morgan fingerprint density at radius 3 is 2.52 bits per heavy atom. The largest absolute Gasteiger partial charge is 0.273 e. The molecular weight excluding hydrogens is 284 g/mol. The first kappa shape index (κ1) is 14.7. The zero-order chi connectivity index (χ0) is 15.5. The van der Waals surface area contributed by atoms with Crippen LogP contribution in [0.4, 0.5) is 5.69 Å². The highest BCUT2D eigenvalue weighted by molar-refractivity contribution is 5.44. The molecule has 2 fully saturated rings. The van der Waals surface area contributed by atoms with E-state index in [9.17, 15) is 0 Å². The topological polar surface area (TPSA) is 25.4 Å². The number of pyridine rings is 1. The fraction of sp³-hybridized carbons (Fsp3) is 0.450. The first-order valence-corrected chi connectivity index (χ1v) is 8.73. The summed E-state index contributed by atoms with van der Waals surface area (Å²) in [6.45, 7) is 1.61. The third kappa shape index (κ3) is 3.40. The van der Waals surface area contributed by atoms with Gasteiger partial charge in [-0.25, -0.2) is 5.06 Å². The van der Waals surface area contributed by atoms with E-state index in [-0.39, 0.29) is 0 Å². The molecule has 3 heteroatoms. The van der Waals surface area contributed by atoms with Crippen LogP contribution < -0.4 is 5.06 Å². The van der Waals surface area contributed by atoms with Gasteiger partial charge in [-0.1, -0.05) is 24.6 Å². The number of hydroxylamine groups is 1. The monoisotopic (exact) mass is 308 g/mol. The average Bonchev–Trinajstić information content (AvgIpc) is 3.23. The molecule has 2 aliphatic rings. The standard InChI is InChI=1S/C20H24N2O/c1-2-4-20(5-3-1)22(14-16-8-10-21-11-9-16)23-15-19-13-17-6-7-18(19)12-17/h1-5,8-11,17-19H,6-7,12-15H2. The van der Waals surface area contributed by atoms with Crippen LogP contribution in [0.15, 0.2) is 54.9 Å². The molecule has 23 heavy (non-hydrogen) atoms. The smallest absolute Gasteiger partial charge is 0.0779 e. The minimum Gasteiger partial charge on any atom is -0.273 e. The predicted octanol–water partition coefficient (Wildman–Crippen LogP) is 4.46. The predicted molar refractivity (Wildman–Crippen MR) is 91.8 cm³/mol. The number of anilines is 1. The van der Waals surface area contributed by atoms with Gasteiger partial charge in [-0.3, -0.25) is 9.82 Å². The van der Waals surface area contributed by atoms with E-state index >= 15 is 0 Å². The van der Waals surface area contributed by atoms with Gasteiger partial charge in [-0.05, 0) is 66.8 Å². The number of fused-ring (bicyclic) bond motifs is 2. The van der Waals surface area contributed by atoms with Crippen molar-refractivity contribution in [3.8, 4) is 0 Å². The van der Waals surface area contributed by atoms with Crippen molar-refractivity contribution < 1.29 is 4.84 Å². The average molecular weight is 308 g/mol. The molecule has 3 nitrogen and oxygen atoms in total. The molecule has 2 bridgehead atoms. The number of nitrogens with zero attached hydrogens (tertiary/aromatic N) is 2. The molecule has 1 aromatic heterocycles. The molecule has 0 N–H and O–H groups in total. The Labute approximate surface area is 138 Å². The molecule has 2 saturated carbocycles. The van der Waals surface area contributed by atoms with Gasteiger partial charge < -0.3 is 0 Å². The Balaban J connectivity index is 1.44. The highest BCUT2D eigenvalue weighted by Crippen LogP contribution is 2.48. The molecule has 4 rings (SSSR count). The van der Waals surface area contributed by atoms with Gasteiger partial charge in [-0.15, -0.1) is 0 Å². The molecule has 0 spiro atoms. The van der Waals surface area contributed by atoms with Gasteiger partial charge in [0.05, 0.1) is 18.8 Å². The number of benzene rings is 1. The third-order valence-corrected chi connectivity index (χ3v) is 5.45. The van der Waals surface area contributed by atoms with Crippen LogP contribution in [0.3, 0.4) is 0 Å².